The third-order valence-corrected chi connectivity index (χ3v) is 8.09. The molecular formula is C25H25N5O3S. The molecule has 1 amide bonds. The molecule has 0 unspecified atom stereocenters. The number of pyridine rings is 1. The van der Waals surface area contributed by atoms with Gasteiger partial charge in [-0.05, 0) is 68.3 Å². The Hall–Kier alpha value is -3.72. The predicted octanol–water partition coefficient (Wildman–Crippen LogP) is 3.92. The Labute approximate surface area is 198 Å². The Kier molecular flexibility index (Phi) is 5.79. The van der Waals surface area contributed by atoms with Gasteiger partial charge in [0, 0.05) is 24.8 Å². The largest absolute Gasteiger partial charge is 0.328 e. The van der Waals surface area contributed by atoms with Crippen molar-refractivity contribution >= 4 is 27.3 Å². The Morgan fingerprint density at radius 1 is 1.00 bits per heavy atom. The van der Waals surface area contributed by atoms with Crippen molar-refractivity contribution in [3.05, 3.63) is 90.4 Å². The molecule has 1 saturated heterocycles. The summed E-state index contributed by atoms with van der Waals surface area (Å²) in [5, 5.41) is 8.56. The maximum absolute atomic E-state index is 13.4. The van der Waals surface area contributed by atoms with Gasteiger partial charge in [0.1, 0.15) is 0 Å². The first-order valence-corrected chi connectivity index (χ1v) is 12.7. The maximum atomic E-state index is 13.4. The van der Waals surface area contributed by atoms with E-state index in [9.17, 15) is 13.2 Å². The summed E-state index contributed by atoms with van der Waals surface area (Å²) in [6, 6.07) is 20.7. The fraction of sp³-hybridized carbons (Fsp3) is 0.240. The van der Waals surface area contributed by atoms with Crippen LogP contribution in [-0.4, -0.2) is 46.9 Å². The Morgan fingerprint density at radius 2 is 1.74 bits per heavy atom. The monoisotopic (exact) mass is 475 g/mol. The second kappa shape index (κ2) is 8.90. The lowest BCUT2D eigenvalue weighted by molar-refractivity contribution is 0.0729. The summed E-state index contributed by atoms with van der Waals surface area (Å²) in [4.78, 5) is 15.3. The van der Waals surface area contributed by atoms with Gasteiger partial charge in [0.05, 0.1) is 16.6 Å². The number of hydrogen-bond acceptors (Lipinski definition) is 5. The van der Waals surface area contributed by atoms with E-state index < -0.39 is 10.0 Å². The Balaban J connectivity index is 1.40. The number of sulfonamides is 1. The highest BCUT2D eigenvalue weighted by Crippen LogP contribution is 2.32. The van der Waals surface area contributed by atoms with E-state index in [0.29, 0.717) is 24.3 Å². The lowest BCUT2D eigenvalue weighted by Crippen LogP contribution is -2.32. The number of aromatic nitrogens is 3. The number of carbonyl (C=O) groups is 1. The van der Waals surface area contributed by atoms with E-state index in [1.807, 2.05) is 34.9 Å². The molecule has 0 aliphatic carbocycles. The van der Waals surface area contributed by atoms with Gasteiger partial charge in [0.25, 0.3) is 15.9 Å². The van der Waals surface area contributed by atoms with Crippen molar-refractivity contribution in [1.82, 2.24) is 19.5 Å². The summed E-state index contributed by atoms with van der Waals surface area (Å²) in [6.07, 6.45) is 3.57. The Bertz CT molecular complexity index is 1420. The molecule has 34 heavy (non-hydrogen) atoms. The fourth-order valence-electron chi connectivity index (χ4n) is 4.51. The number of benzene rings is 2. The van der Waals surface area contributed by atoms with Gasteiger partial charge in [0.2, 0.25) is 0 Å². The summed E-state index contributed by atoms with van der Waals surface area (Å²) in [5.74, 6) is 0.594. The second-order valence-electron chi connectivity index (χ2n) is 8.17. The van der Waals surface area contributed by atoms with Crippen molar-refractivity contribution in [2.45, 2.75) is 30.7 Å². The number of fused-ring (bicyclic) bond motifs is 1. The van der Waals surface area contributed by atoms with Crippen molar-refractivity contribution in [1.29, 1.82) is 0 Å². The van der Waals surface area contributed by atoms with Crippen molar-refractivity contribution < 1.29 is 13.2 Å². The molecular weight excluding hydrogens is 450 g/mol. The maximum Gasteiger partial charge on any atom is 0.264 e. The van der Waals surface area contributed by atoms with E-state index in [-0.39, 0.29) is 16.8 Å². The number of carbonyl (C=O) groups excluding carboxylic acids is 1. The van der Waals surface area contributed by atoms with Crippen LogP contribution in [0.1, 0.15) is 42.0 Å². The first kappa shape index (κ1) is 22.1. The van der Waals surface area contributed by atoms with Crippen molar-refractivity contribution in [2.75, 3.05) is 17.4 Å². The second-order valence-corrected chi connectivity index (χ2v) is 10.0. The lowest BCUT2D eigenvalue weighted by Gasteiger charge is -2.24. The fourth-order valence-corrected chi connectivity index (χ4v) is 5.99. The van der Waals surface area contributed by atoms with Crippen LogP contribution in [0.25, 0.3) is 5.65 Å². The molecule has 9 heteroatoms. The molecule has 1 aliphatic rings. The minimum absolute atomic E-state index is 0.144. The average Bonchev–Trinajstić information content (AvgIpc) is 3.52. The van der Waals surface area contributed by atoms with Crippen LogP contribution in [0.15, 0.2) is 83.9 Å². The van der Waals surface area contributed by atoms with Crippen molar-refractivity contribution in [3.8, 4) is 0 Å². The molecule has 3 heterocycles. The van der Waals surface area contributed by atoms with Gasteiger partial charge in [-0.15, -0.1) is 10.2 Å². The molecule has 0 radical (unpaired) electrons. The number of anilines is 1. The van der Waals surface area contributed by atoms with Gasteiger partial charge >= 0.3 is 0 Å². The van der Waals surface area contributed by atoms with Crippen LogP contribution in [-0.2, 0) is 10.0 Å². The van der Waals surface area contributed by atoms with Crippen molar-refractivity contribution in [3.63, 3.8) is 0 Å². The van der Waals surface area contributed by atoms with Gasteiger partial charge < -0.3 is 4.90 Å². The molecule has 1 fully saturated rings. The standard InChI is InChI=1S/C25H25N5O3S/c1-2-30(20-9-4-3-5-10-20)34(32,33)21-15-13-19(14-16-21)25(31)28-18-8-11-22(28)24-27-26-23-12-6-7-17-29(23)24/h3-7,9-10,12-17,22H,2,8,11,18H2,1H3/t22-/m1/s1. The Morgan fingerprint density at radius 3 is 2.47 bits per heavy atom. The van der Waals surface area contributed by atoms with Crippen LogP contribution < -0.4 is 4.31 Å². The van der Waals surface area contributed by atoms with Gasteiger partial charge in [-0.3, -0.25) is 13.5 Å². The predicted molar refractivity (Wildman–Crippen MR) is 129 cm³/mol. The van der Waals surface area contributed by atoms with Gasteiger partial charge in [-0.1, -0.05) is 24.3 Å². The molecule has 5 rings (SSSR count). The van der Waals surface area contributed by atoms with E-state index in [4.69, 9.17) is 0 Å². The van der Waals surface area contributed by atoms with Crippen LogP contribution in [0.3, 0.4) is 0 Å². The van der Waals surface area contributed by atoms with Crippen LogP contribution in [0, 0.1) is 0 Å². The summed E-state index contributed by atoms with van der Waals surface area (Å²) < 4.78 is 29.8. The molecule has 174 valence electrons. The highest BCUT2D eigenvalue weighted by molar-refractivity contribution is 7.92. The van der Waals surface area contributed by atoms with E-state index in [1.165, 1.54) is 16.4 Å². The molecule has 2 aromatic carbocycles. The van der Waals surface area contributed by atoms with Crippen LogP contribution in [0.2, 0.25) is 0 Å². The molecule has 0 bridgehead atoms. The van der Waals surface area contributed by atoms with Crippen LogP contribution >= 0.6 is 0 Å². The summed E-state index contributed by atoms with van der Waals surface area (Å²) in [5.41, 5.74) is 1.79. The topological polar surface area (TPSA) is 87.9 Å². The molecule has 1 atom stereocenters. The highest BCUT2D eigenvalue weighted by atomic mass is 32.2. The number of hydrogen-bond donors (Lipinski definition) is 0. The first-order chi connectivity index (χ1) is 16.5. The highest BCUT2D eigenvalue weighted by Gasteiger charge is 2.34. The summed E-state index contributed by atoms with van der Waals surface area (Å²) in [7, 11) is -3.75. The molecule has 0 spiro atoms. The van der Waals surface area contributed by atoms with E-state index in [1.54, 1.807) is 48.2 Å². The van der Waals surface area contributed by atoms with Crippen LogP contribution in [0.5, 0.6) is 0 Å². The minimum Gasteiger partial charge on any atom is -0.328 e. The molecule has 0 N–H and O–H groups in total. The lowest BCUT2D eigenvalue weighted by atomic mass is 10.1. The molecule has 4 aromatic rings. The average molecular weight is 476 g/mol. The smallest absolute Gasteiger partial charge is 0.264 e. The quantitative estimate of drug-likeness (QED) is 0.422. The number of amides is 1. The zero-order valence-corrected chi connectivity index (χ0v) is 19.6. The third-order valence-electron chi connectivity index (χ3n) is 6.17. The normalized spacial score (nSPS) is 16.1. The van der Waals surface area contributed by atoms with Crippen molar-refractivity contribution in [2.24, 2.45) is 0 Å². The number of para-hydroxylation sites is 1. The van der Waals surface area contributed by atoms with E-state index in [2.05, 4.69) is 10.2 Å². The van der Waals surface area contributed by atoms with Gasteiger partial charge in [0.15, 0.2) is 11.5 Å². The van der Waals surface area contributed by atoms with Crippen LogP contribution in [0.4, 0.5) is 5.69 Å². The summed E-state index contributed by atoms with van der Waals surface area (Å²) >= 11 is 0. The van der Waals surface area contributed by atoms with Gasteiger partial charge in [-0.25, -0.2) is 8.42 Å². The number of rotatable bonds is 6. The molecule has 8 nitrogen and oxygen atoms in total. The van der Waals surface area contributed by atoms with E-state index >= 15 is 0 Å². The zero-order valence-electron chi connectivity index (χ0n) is 18.8. The van der Waals surface area contributed by atoms with E-state index in [0.717, 1.165) is 24.3 Å². The molecule has 0 saturated carbocycles. The molecule has 1 aliphatic heterocycles. The van der Waals surface area contributed by atoms with Gasteiger partial charge in [-0.2, -0.15) is 0 Å². The molecule has 2 aromatic heterocycles. The minimum atomic E-state index is -3.75. The zero-order chi connectivity index (χ0) is 23.7. The first-order valence-electron chi connectivity index (χ1n) is 11.3. The number of likely N-dealkylation sites (tertiary alicyclic amines) is 1. The SMILES string of the molecule is CCN(c1ccccc1)S(=O)(=O)c1ccc(C(=O)N2CCC[C@@H]2c2nnc3ccccn23)cc1. The number of nitrogens with zero attached hydrogens (tertiary/aromatic N) is 5. The summed E-state index contributed by atoms with van der Waals surface area (Å²) in [6.45, 7) is 2.71. The third kappa shape index (κ3) is 3.81.